The van der Waals surface area contributed by atoms with Crippen LogP contribution in [0.2, 0.25) is 0 Å². The van der Waals surface area contributed by atoms with Crippen LogP contribution in [0.4, 0.5) is 11.5 Å². The smallest absolute Gasteiger partial charge is 0.146 e. The zero-order valence-corrected chi connectivity index (χ0v) is 13.3. The van der Waals surface area contributed by atoms with Gasteiger partial charge in [0.15, 0.2) is 0 Å². The number of hydrogen-bond acceptors (Lipinski definition) is 4. The molecule has 0 radical (unpaired) electrons. The molecule has 5 nitrogen and oxygen atoms in total. The van der Waals surface area contributed by atoms with Gasteiger partial charge in [-0.25, -0.2) is 9.97 Å². The van der Waals surface area contributed by atoms with E-state index in [1.54, 1.807) is 6.33 Å². The van der Waals surface area contributed by atoms with E-state index in [1.807, 2.05) is 19.1 Å². The molecule has 4 N–H and O–H groups in total. The average molecular weight is 307 g/mol. The predicted molar refractivity (Wildman–Crippen MR) is 94.0 cm³/mol. The number of nitrogen functional groups attached to an aromatic ring is 2. The Morgan fingerprint density at radius 2 is 1.91 bits per heavy atom. The van der Waals surface area contributed by atoms with E-state index in [0.29, 0.717) is 11.9 Å². The van der Waals surface area contributed by atoms with Crippen molar-refractivity contribution >= 4 is 22.5 Å². The summed E-state index contributed by atoms with van der Waals surface area (Å²) in [5.41, 5.74) is 17.2. The summed E-state index contributed by atoms with van der Waals surface area (Å²) in [5, 5.41) is 0.948. The Kier molecular flexibility index (Phi) is 3.22. The minimum atomic E-state index is 0.510. The molecular formula is C18H21N5. The number of benzene rings is 1. The van der Waals surface area contributed by atoms with Gasteiger partial charge >= 0.3 is 0 Å². The zero-order chi connectivity index (χ0) is 16.0. The fourth-order valence-corrected chi connectivity index (χ4v) is 3.63. The summed E-state index contributed by atoms with van der Waals surface area (Å²) in [6.45, 7) is 2.02. The van der Waals surface area contributed by atoms with Gasteiger partial charge in [0.25, 0.3) is 0 Å². The Hall–Kier alpha value is -2.56. The molecule has 0 saturated heterocycles. The van der Waals surface area contributed by atoms with Gasteiger partial charge in [-0.15, -0.1) is 0 Å². The summed E-state index contributed by atoms with van der Waals surface area (Å²) in [5.74, 6) is 0.538. The van der Waals surface area contributed by atoms with Crippen LogP contribution in [0.3, 0.4) is 0 Å². The van der Waals surface area contributed by atoms with Crippen LogP contribution < -0.4 is 11.5 Å². The lowest BCUT2D eigenvalue weighted by molar-refractivity contribution is 0.532. The van der Waals surface area contributed by atoms with Gasteiger partial charge in [0.2, 0.25) is 0 Å². The highest BCUT2D eigenvalue weighted by atomic mass is 15.1. The molecule has 23 heavy (non-hydrogen) atoms. The van der Waals surface area contributed by atoms with Crippen molar-refractivity contribution in [1.82, 2.24) is 14.5 Å². The summed E-state index contributed by atoms with van der Waals surface area (Å²) < 4.78 is 2.29. The highest BCUT2D eigenvalue weighted by Gasteiger charge is 2.22. The second-order valence-electron chi connectivity index (χ2n) is 6.42. The highest BCUT2D eigenvalue weighted by Crippen LogP contribution is 2.39. The van der Waals surface area contributed by atoms with Crippen molar-refractivity contribution in [3.05, 3.63) is 36.3 Å². The Morgan fingerprint density at radius 1 is 1.13 bits per heavy atom. The number of nitrogens with zero attached hydrogens (tertiary/aromatic N) is 3. The van der Waals surface area contributed by atoms with E-state index < -0.39 is 0 Å². The summed E-state index contributed by atoms with van der Waals surface area (Å²) in [6.07, 6.45) is 8.71. The van der Waals surface area contributed by atoms with Crippen molar-refractivity contribution in [3.63, 3.8) is 0 Å². The molecule has 0 amide bonds. The predicted octanol–water partition coefficient (Wildman–Crippen LogP) is 3.69. The molecule has 0 spiro atoms. The number of aromatic nitrogens is 3. The highest BCUT2D eigenvalue weighted by molar-refractivity contribution is 6.00. The van der Waals surface area contributed by atoms with Gasteiger partial charge in [0.1, 0.15) is 17.8 Å². The lowest BCUT2D eigenvalue weighted by Crippen LogP contribution is -2.04. The number of rotatable bonds is 2. The summed E-state index contributed by atoms with van der Waals surface area (Å²) in [7, 11) is 0. The van der Waals surface area contributed by atoms with Crippen LogP contribution in [-0.2, 0) is 0 Å². The normalized spacial score (nSPS) is 15.5. The fourth-order valence-electron chi connectivity index (χ4n) is 3.63. The lowest BCUT2D eigenvalue weighted by Gasteiger charge is -2.12. The van der Waals surface area contributed by atoms with E-state index in [2.05, 4.69) is 26.8 Å². The molecule has 1 saturated carbocycles. The summed E-state index contributed by atoms with van der Waals surface area (Å²) >= 11 is 0. The van der Waals surface area contributed by atoms with Gasteiger partial charge in [0, 0.05) is 23.5 Å². The van der Waals surface area contributed by atoms with E-state index in [9.17, 15) is 0 Å². The second kappa shape index (κ2) is 5.26. The van der Waals surface area contributed by atoms with E-state index in [1.165, 1.54) is 25.7 Å². The number of hydrogen-bond donors (Lipinski definition) is 2. The first-order valence-corrected chi connectivity index (χ1v) is 8.12. The molecule has 2 aromatic heterocycles. The van der Waals surface area contributed by atoms with Crippen LogP contribution in [0.5, 0.6) is 0 Å². The van der Waals surface area contributed by atoms with E-state index in [0.717, 1.165) is 33.4 Å². The summed E-state index contributed by atoms with van der Waals surface area (Å²) in [4.78, 5) is 8.72. The molecule has 1 aromatic carbocycles. The molecule has 1 fully saturated rings. The third-order valence-corrected chi connectivity index (χ3v) is 4.94. The molecule has 5 heteroatoms. The number of fused-ring (bicyclic) bond motifs is 1. The van der Waals surface area contributed by atoms with Crippen LogP contribution in [0.1, 0.15) is 37.3 Å². The quantitative estimate of drug-likeness (QED) is 0.707. The van der Waals surface area contributed by atoms with Crippen LogP contribution in [0.25, 0.3) is 22.2 Å². The topological polar surface area (TPSA) is 82.8 Å². The van der Waals surface area contributed by atoms with Crippen molar-refractivity contribution in [2.24, 2.45) is 0 Å². The van der Waals surface area contributed by atoms with Crippen molar-refractivity contribution < 1.29 is 0 Å². The van der Waals surface area contributed by atoms with Crippen molar-refractivity contribution in [3.8, 4) is 11.1 Å². The first kappa shape index (κ1) is 14.1. The molecule has 0 bridgehead atoms. The fraction of sp³-hybridized carbons (Fsp3) is 0.333. The first-order chi connectivity index (χ1) is 11.1. The molecule has 3 aromatic rings. The maximum Gasteiger partial charge on any atom is 0.146 e. The largest absolute Gasteiger partial charge is 0.399 e. The second-order valence-corrected chi connectivity index (χ2v) is 6.42. The van der Waals surface area contributed by atoms with Gasteiger partial charge in [-0.3, -0.25) is 0 Å². The number of nitrogens with two attached hydrogens (primary N) is 2. The maximum atomic E-state index is 6.19. The maximum absolute atomic E-state index is 6.19. The Bertz CT molecular complexity index is 874. The minimum absolute atomic E-state index is 0.510. The zero-order valence-electron chi connectivity index (χ0n) is 13.3. The molecule has 2 heterocycles. The molecule has 0 aliphatic heterocycles. The monoisotopic (exact) mass is 307 g/mol. The van der Waals surface area contributed by atoms with Crippen LogP contribution in [-0.4, -0.2) is 14.5 Å². The Morgan fingerprint density at radius 3 is 2.65 bits per heavy atom. The van der Waals surface area contributed by atoms with Gasteiger partial charge in [-0.2, -0.15) is 0 Å². The third-order valence-electron chi connectivity index (χ3n) is 4.94. The molecule has 4 rings (SSSR count). The Balaban J connectivity index is 1.97. The molecular weight excluding hydrogens is 286 g/mol. The Labute approximate surface area is 135 Å². The van der Waals surface area contributed by atoms with Crippen molar-refractivity contribution in [1.29, 1.82) is 0 Å². The molecule has 0 unspecified atom stereocenters. The molecule has 0 atom stereocenters. The van der Waals surface area contributed by atoms with E-state index in [-0.39, 0.29) is 0 Å². The summed E-state index contributed by atoms with van der Waals surface area (Å²) in [6, 6.07) is 6.61. The number of aryl methyl sites for hydroxylation is 1. The van der Waals surface area contributed by atoms with Crippen molar-refractivity contribution in [2.45, 2.75) is 38.6 Å². The van der Waals surface area contributed by atoms with E-state index in [4.69, 9.17) is 11.5 Å². The lowest BCUT2D eigenvalue weighted by atomic mass is 10.0. The minimum Gasteiger partial charge on any atom is -0.399 e. The SMILES string of the molecule is Cc1cc(-c2cn(C3CCCC3)c3ncnc(N)c23)ccc1N. The van der Waals surface area contributed by atoms with Gasteiger partial charge in [0.05, 0.1) is 5.39 Å². The van der Waals surface area contributed by atoms with Gasteiger partial charge in [-0.05, 0) is 43.0 Å². The third kappa shape index (κ3) is 2.23. The van der Waals surface area contributed by atoms with Crippen molar-refractivity contribution in [2.75, 3.05) is 11.5 Å². The van der Waals surface area contributed by atoms with Crippen LogP contribution in [0, 0.1) is 6.92 Å². The first-order valence-electron chi connectivity index (χ1n) is 8.12. The van der Waals surface area contributed by atoms with Crippen LogP contribution in [0.15, 0.2) is 30.7 Å². The molecule has 1 aliphatic rings. The molecule has 118 valence electrons. The number of anilines is 2. The van der Waals surface area contributed by atoms with Gasteiger partial charge in [-0.1, -0.05) is 18.9 Å². The van der Waals surface area contributed by atoms with Crippen LogP contribution >= 0.6 is 0 Å². The molecule has 1 aliphatic carbocycles. The van der Waals surface area contributed by atoms with E-state index >= 15 is 0 Å². The standard InChI is InChI=1S/C18H21N5/c1-11-8-12(6-7-15(11)19)14-9-23(13-4-2-3-5-13)18-16(14)17(20)21-10-22-18/h6-10,13H,2-5,19H2,1H3,(H2,20,21,22). The van der Waals surface area contributed by atoms with Gasteiger partial charge < -0.3 is 16.0 Å². The average Bonchev–Trinajstić information content (AvgIpc) is 3.17.